The van der Waals surface area contributed by atoms with Crippen LogP contribution in [0.3, 0.4) is 0 Å². The molecular formula is C33H36BrN3O6S. The molecule has 232 valence electrons. The minimum Gasteiger partial charge on any atom is -0.479 e. The van der Waals surface area contributed by atoms with Crippen molar-refractivity contribution < 1.29 is 28.6 Å². The van der Waals surface area contributed by atoms with Crippen molar-refractivity contribution in [3.8, 4) is 22.3 Å². The molecule has 44 heavy (non-hydrogen) atoms. The molecule has 3 aromatic rings. The first-order valence-corrected chi connectivity index (χ1v) is 16.0. The van der Waals surface area contributed by atoms with Crippen LogP contribution in [-0.4, -0.2) is 43.8 Å². The van der Waals surface area contributed by atoms with E-state index in [4.69, 9.17) is 14.2 Å². The van der Waals surface area contributed by atoms with Crippen LogP contribution in [0.5, 0.6) is 5.75 Å². The van der Waals surface area contributed by atoms with E-state index in [9.17, 15) is 19.6 Å². The fourth-order valence-corrected chi connectivity index (χ4v) is 7.03. The highest BCUT2D eigenvalue weighted by atomic mass is 79.9. The lowest BCUT2D eigenvalue weighted by atomic mass is 9.89. The molecule has 0 unspecified atom stereocenters. The third-order valence-corrected chi connectivity index (χ3v) is 9.27. The number of para-hydroxylation sites is 1. The summed E-state index contributed by atoms with van der Waals surface area (Å²) in [6.07, 6.45) is 5.52. The van der Waals surface area contributed by atoms with Crippen LogP contribution < -0.4 is 15.0 Å². The number of hydrogen-bond donors (Lipinski definition) is 1. The Morgan fingerprint density at radius 3 is 2.50 bits per heavy atom. The molecule has 11 heteroatoms. The van der Waals surface area contributed by atoms with Gasteiger partial charge in [0, 0.05) is 12.2 Å². The fourth-order valence-electron chi connectivity index (χ4n) is 5.06. The lowest BCUT2D eigenvalue weighted by molar-refractivity contribution is -0.157. The highest BCUT2D eigenvalue weighted by molar-refractivity contribution is 9.10. The van der Waals surface area contributed by atoms with Crippen molar-refractivity contribution in [2.24, 2.45) is 5.92 Å². The second-order valence-corrected chi connectivity index (χ2v) is 13.3. The molecule has 2 aromatic carbocycles. The molecule has 1 aliphatic carbocycles. The third kappa shape index (κ3) is 8.39. The third-order valence-electron chi connectivity index (χ3n) is 7.05. The number of methoxy groups -OCH3 is 1. The van der Waals surface area contributed by atoms with Gasteiger partial charge in [0.1, 0.15) is 11.7 Å². The average Bonchev–Trinajstić information content (AvgIpc) is 3.34. The number of urea groups is 1. The molecule has 4 rings (SSSR count). The van der Waals surface area contributed by atoms with Crippen molar-refractivity contribution in [3.63, 3.8) is 0 Å². The van der Waals surface area contributed by atoms with Crippen LogP contribution in [0.4, 0.5) is 16.2 Å². The number of benzene rings is 2. The van der Waals surface area contributed by atoms with Gasteiger partial charge in [-0.15, -0.1) is 11.3 Å². The summed E-state index contributed by atoms with van der Waals surface area (Å²) in [5.41, 5.74) is 1.53. The van der Waals surface area contributed by atoms with Gasteiger partial charge in [-0.25, -0.2) is 14.4 Å². The maximum absolute atomic E-state index is 13.8. The van der Waals surface area contributed by atoms with Gasteiger partial charge in [-0.05, 0) is 85.3 Å². The minimum absolute atomic E-state index is 0.179. The Morgan fingerprint density at radius 1 is 1.09 bits per heavy atom. The standard InChI is InChI=1S/C33H36BrN3O6S/c1-33(2,3)43-26(38)20-42-28-27(34)29(44-30(28)31(39)41-4)22-14-10-15-24(17-22)37(19-21-11-6-5-7-12-21)32(40)36-25-16-9-8-13-23(25)18-35/h8-10,13-17,21H,5-7,11-12,19-20H2,1-4H3,(H,36,40). The Kier molecular flexibility index (Phi) is 11.1. The molecule has 1 saturated carbocycles. The Morgan fingerprint density at radius 2 is 1.82 bits per heavy atom. The Balaban J connectivity index is 1.68. The number of anilines is 2. The molecule has 0 atom stereocenters. The van der Waals surface area contributed by atoms with Gasteiger partial charge >= 0.3 is 18.0 Å². The van der Waals surface area contributed by atoms with Gasteiger partial charge < -0.3 is 19.5 Å². The number of halogens is 1. The summed E-state index contributed by atoms with van der Waals surface area (Å²) in [6, 6.07) is 16.2. The predicted molar refractivity (Wildman–Crippen MR) is 174 cm³/mol. The lowest BCUT2D eigenvalue weighted by Gasteiger charge is -2.30. The van der Waals surface area contributed by atoms with Gasteiger partial charge in [-0.1, -0.05) is 43.5 Å². The summed E-state index contributed by atoms with van der Waals surface area (Å²) in [5.74, 6) is -0.654. The van der Waals surface area contributed by atoms with E-state index < -0.39 is 24.1 Å². The van der Waals surface area contributed by atoms with Crippen molar-refractivity contribution in [2.75, 3.05) is 30.5 Å². The highest BCUT2D eigenvalue weighted by Gasteiger charge is 2.28. The van der Waals surface area contributed by atoms with Crippen molar-refractivity contribution >= 4 is 56.6 Å². The number of rotatable bonds is 9. The molecule has 0 saturated heterocycles. The smallest absolute Gasteiger partial charge is 0.351 e. The first-order chi connectivity index (χ1) is 21.0. The van der Waals surface area contributed by atoms with Crippen molar-refractivity contribution in [2.45, 2.75) is 58.5 Å². The van der Waals surface area contributed by atoms with Crippen molar-refractivity contribution in [3.05, 3.63) is 63.4 Å². The number of nitrogens with zero attached hydrogens (tertiary/aromatic N) is 2. The van der Waals surface area contributed by atoms with Crippen LogP contribution in [0.15, 0.2) is 53.0 Å². The number of ether oxygens (including phenoxy) is 3. The number of amides is 2. The van der Waals surface area contributed by atoms with E-state index >= 15 is 0 Å². The van der Waals surface area contributed by atoms with Gasteiger partial charge in [0.25, 0.3) is 0 Å². The van der Waals surface area contributed by atoms with Gasteiger partial charge in [0.05, 0.1) is 27.7 Å². The second kappa shape index (κ2) is 14.7. The molecule has 0 spiro atoms. The molecule has 0 bridgehead atoms. The maximum atomic E-state index is 13.8. The molecular weight excluding hydrogens is 646 g/mol. The average molecular weight is 683 g/mol. The number of nitriles is 1. The summed E-state index contributed by atoms with van der Waals surface area (Å²) in [6.45, 7) is 5.41. The van der Waals surface area contributed by atoms with Crippen LogP contribution in [0, 0.1) is 17.2 Å². The van der Waals surface area contributed by atoms with Crippen LogP contribution in [0.2, 0.25) is 0 Å². The van der Waals surface area contributed by atoms with Crippen LogP contribution in [-0.2, 0) is 14.3 Å². The van der Waals surface area contributed by atoms with Gasteiger partial charge in [0.15, 0.2) is 17.2 Å². The van der Waals surface area contributed by atoms with Crippen LogP contribution >= 0.6 is 27.3 Å². The van der Waals surface area contributed by atoms with E-state index in [2.05, 4.69) is 27.3 Å². The first-order valence-electron chi connectivity index (χ1n) is 14.4. The summed E-state index contributed by atoms with van der Waals surface area (Å²) >= 11 is 4.74. The first kappa shape index (κ1) is 33.0. The summed E-state index contributed by atoms with van der Waals surface area (Å²) < 4.78 is 16.6. The number of carbonyl (C=O) groups is 3. The molecule has 9 nitrogen and oxygen atoms in total. The van der Waals surface area contributed by atoms with E-state index in [-0.39, 0.29) is 16.7 Å². The molecule has 1 aliphatic rings. The molecule has 2 amide bonds. The van der Waals surface area contributed by atoms with E-state index in [1.54, 1.807) is 49.9 Å². The molecule has 1 aromatic heterocycles. The predicted octanol–water partition coefficient (Wildman–Crippen LogP) is 8.18. The van der Waals surface area contributed by atoms with Crippen molar-refractivity contribution in [1.82, 2.24) is 0 Å². The Hall–Kier alpha value is -3.88. The van der Waals surface area contributed by atoms with Gasteiger partial charge in [-0.3, -0.25) is 4.90 Å². The quantitative estimate of drug-likeness (QED) is 0.226. The molecule has 1 heterocycles. The minimum atomic E-state index is -0.685. The molecule has 0 aliphatic heterocycles. The SMILES string of the molecule is COC(=O)c1sc(-c2cccc(N(CC3CCCCC3)C(=O)Nc3ccccc3C#N)c2)c(Br)c1OCC(=O)OC(C)(C)C. The van der Waals surface area contributed by atoms with Gasteiger partial charge in [-0.2, -0.15) is 5.26 Å². The van der Waals surface area contributed by atoms with E-state index in [0.717, 1.165) is 42.6 Å². The number of esters is 2. The zero-order valence-electron chi connectivity index (χ0n) is 25.3. The number of hydrogen-bond acceptors (Lipinski definition) is 8. The van der Waals surface area contributed by atoms with Crippen LogP contribution in [0.25, 0.3) is 10.4 Å². The van der Waals surface area contributed by atoms with Crippen LogP contribution in [0.1, 0.15) is 68.1 Å². The zero-order chi connectivity index (χ0) is 31.9. The summed E-state index contributed by atoms with van der Waals surface area (Å²) in [4.78, 5) is 41.4. The largest absolute Gasteiger partial charge is 0.479 e. The number of carbonyl (C=O) groups excluding carboxylic acids is 3. The zero-order valence-corrected chi connectivity index (χ0v) is 27.7. The van der Waals surface area contributed by atoms with E-state index in [0.29, 0.717) is 38.8 Å². The number of thiophene rings is 1. The second-order valence-electron chi connectivity index (χ2n) is 11.5. The number of nitrogens with one attached hydrogen (secondary N) is 1. The molecule has 0 radical (unpaired) electrons. The van der Waals surface area contributed by atoms with Crippen molar-refractivity contribution in [1.29, 1.82) is 5.26 Å². The lowest BCUT2D eigenvalue weighted by Crippen LogP contribution is -2.39. The van der Waals surface area contributed by atoms with E-state index in [1.807, 2.05) is 24.3 Å². The fraction of sp³-hybridized carbons (Fsp3) is 0.394. The molecule has 1 fully saturated rings. The normalized spacial score (nSPS) is 13.5. The van der Waals surface area contributed by atoms with E-state index in [1.165, 1.54) is 13.5 Å². The Labute approximate surface area is 270 Å². The Bertz CT molecular complexity index is 1550. The maximum Gasteiger partial charge on any atom is 0.351 e. The summed E-state index contributed by atoms with van der Waals surface area (Å²) in [5, 5.41) is 12.5. The topological polar surface area (TPSA) is 118 Å². The van der Waals surface area contributed by atoms with Gasteiger partial charge in [0.2, 0.25) is 0 Å². The molecule has 1 N–H and O–H groups in total. The monoisotopic (exact) mass is 681 g/mol. The highest BCUT2D eigenvalue weighted by Crippen LogP contribution is 2.46. The summed E-state index contributed by atoms with van der Waals surface area (Å²) in [7, 11) is 1.28.